The van der Waals surface area contributed by atoms with Crippen LogP contribution < -0.4 is 0 Å². The van der Waals surface area contributed by atoms with Crippen molar-refractivity contribution in [2.24, 2.45) is 0 Å². The zero-order valence-corrected chi connectivity index (χ0v) is 5.35. The first-order valence-corrected chi connectivity index (χ1v) is 3.34. The highest BCUT2D eigenvalue weighted by molar-refractivity contribution is 7.99. The number of hydrogen-bond acceptors (Lipinski definition) is 1. The van der Waals surface area contributed by atoms with Gasteiger partial charge >= 0.3 is 0 Å². The third-order valence-corrected chi connectivity index (χ3v) is 1.13. The predicted molar refractivity (Wildman–Crippen MR) is 36.1 cm³/mol. The summed E-state index contributed by atoms with van der Waals surface area (Å²) < 4.78 is 0. The summed E-state index contributed by atoms with van der Waals surface area (Å²) in [6.45, 7) is 5.50. The Morgan fingerprint density at radius 3 is 2.86 bits per heavy atom. The molecule has 0 aliphatic carbocycles. The van der Waals surface area contributed by atoms with Crippen LogP contribution in [-0.4, -0.2) is 11.5 Å². The molecule has 1 heteroatoms. The van der Waals surface area contributed by atoms with E-state index in [1.54, 1.807) is 11.8 Å². The van der Waals surface area contributed by atoms with Crippen molar-refractivity contribution in [1.29, 1.82) is 0 Å². The van der Waals surface area contributed by atoms with E-state index < -0.39 is 0 Å². The summed E-state index contributed by atoms with van der Waals surface area (Å²) >= 11 is 1.75. The van der Waals surface area contributed by atoms with Crippen LogP contribution in [0.5, 0.6) is 0 Å². The van der Waals surface area contributed by atoms with Crippen molar-refractivity contribution >= 4 is 11.8 Å². The van der Waals surface area contributed by atoms with Crippen LogP contribution in [0.15, 0.2) is 0 Å². The van der Waals surface area contributed by atoms with Crippen LogP contribution in [0, 0.1) is 18.8 Å². The summed E-state index contributed by atoms with van der Waals surface area (Å²) in [5.41, 5.74) is 0. The largest absolute Gasteiger partial charge is 0.149 e. The highest BCUT2D eigenvalue weighted by Gasteiger charge is 1.72. The van der Waals surface area contributed by atoms with Crippen LogP contribution in [-0.2, 0) is 0 Å². The Morgan fingerprint density at radius 1 is 1.71 bits per heavy atom. The highest BCUT2D eigenvalue weighted by atomic mass is 32.2. The van der Waals surface area contributed by atoms with Crippen LogP contribution >= 0.6 is 11.8 Å². The van der Waals surface area contributed by atoms with E-state index in [4.69, 9.17) is 0 Å². The Labute approximate surface area is 49.7 Å². The van der Waals surface area contributed by atoms with Crippen molar-refractivity contribution in [2.75, 3.05) is 11.5 Å². The molecular formula is C6H9S. The lowest BCUT2D eigenvalue weighted by Crippen LogP contribution is -1.70. The summed E-state index contributed by atoms with van der Waals surface area (Å²) in [6, 6.07) is 0. The van der Waals surface area contributed by atoms with Crippen molar-refractivity contribution in [3.8, 4) is 11.8 Å². The Kier molecular flexibility index (Phi) is 5.83. The monoisotopic (exact) mass is 113 g/mol. The third-order valence-electron chi connectivity index (χ3n) is 0.495. The van der Waals surface area contributed by atoms with Gasteiger partial charge in [-0.25, -0.2) is 0 Å². The first kappa shape index (κ1) is 6.91. The van der Waals surface area contributed by atoms with Gasteiger partial charge in [-0.2, -0.15) is 0 Å². The van der Waals surface area contributed by atoms with E-state index >= 15 is 0 Å². The zero-order valence-electron chi connectivity index (χ0n) is 4.53. The van der Waals surface area contributed by atoms with E-state index in [1.165, 1.54) is 0 Å². The molecule has 0 fully saturated rings. The summed E-state index contributed by atoms with van der Waals surface area (Å²) in [5, 5.41) is 0. The van der Waals surface area contributed by atoms with Crippen LogP contribution in [0.25, 0.3) is 0 Å². The molecule has 0 unspecified atom stereocenters. The molecule has 0 saturated carbocycles. The molecule has 0 aliphatic rings. The minimum absolute atomic E-state index is 0.925. The van der Waals surface area contributed by atoms with Gasteiger partial charge in [-0.05, 0) is 19.6 Å². The fourth-order valence-electron chi connectivity index (χ4n) is 0.195. The number of thioether (sulfide) groups is 1. The lowest BCUT2D eigenvalue weighted by molar-refractivity contribution is 1.77. The minimum atomic E-state index is 0.925. The first-order valence-electron chi connectivity index (χ1n) is 2.18. The second kappa shape index (κ2) is 5.91. The third kappa shape index (κ3) is 5.91. The van der Waals surface area contributed by atoms with Crippen LogP contribution in [0.4, 0.5) is 0 Å². The molecular weight excluding hydrogens is 104 g/mol. The molecule has 0 nitrogen and oxygen atoms in total. The van der Waals surface area contributed by atoms with Gasteiger partial charge in [0.05, 0.1) is 5.75 Å². The van der Waals surface area contributed by atoms with Gasteiger partial charge in [0.2, 0.25) is 0 Å². The highest BCUT2D eigenvalue weighted by Crippen LogP contribution is 1.93. The normalized spacial score (nSPS) is 7.14. The number of hydrogen-bond donors (Lipinski definition) is 0. The SMILES string of the molecule is [CH2]CSCC#CC. The van der Waals surface area contributed by atoms with Crippen LogP contribution in [0.1, 0.15) is 6.92 Å². The van der Waals surface area contributed by atoms with Gasteiger partial charge in [-0.15, -0.1) is 17.7 Å². The Morgan fingerprint density at radius 2 is 2.43 bits per heavy atom. The molecule has 0 heterocycles. The molecule has 0 aliphatic heterocycles. The molecule has 0 aromatic carbocycles. The summed E-state index contributed by atoms with van der Waals surface area (Å²) in [7, 11) is 0. The fraction of sp³-hybridized carbons (Fsp3) is 0.500. The second-order valence-electron chi connectivity index (χ2n) is 0.979. The van der Waals surface area contributed by atoms with E-state index in [0.717, 1.165) is 11.5 Å². The molecule has 0 atom stereocenters. The van der Waals surface area contributed by atoms with Crippen molar-refractivity contribution in [2.45, 2.75) is 6.92 Å². The van der Waals surface area contributed by atoms with E-state index in [-0.39, 0.29) is 0 Å². The molecule has 0 rings (SSSR count). The Bertz CT molecular complexity index is 75.9. The van der Waals surface area contributed by atoms with Gasteiger partial charge in [0, 0.05) is 0 Å². The maximum Gasteiger partial charge on any atom is 0.0547 e. The fourth-order valence-corrected chi connectivity index (χ4v) is 0.586. The standard InChI is InChI=1S/C6H9S/c1-3-5-6-7-4-2/h2,4,6H2,1H3. The van der Waals surface area contributed by atoms with Crippen molar-refractivity contribution < 1.29 is 0 Å². The smallest absolute Gasteiger partial charge is 0.0547 e. The van der Waals surface area contributed by atoms with Crippen molar-refractivity contribution in [3.05, 3.63) is 6.92 Å². The molecule has 0 aromatic rings. The van der Waals surface area contributed by atoms with Gasteiger partial charge in [0.1, 0.15) is 0 Å². The molecule has 0 spiro atoms. The Balaban J connectivity index is 2.78. The van der Waals surface area contributed by atoms with E-state index in [1.807, 2.05) is 6.92 Å². The van der Waals surface area contributed by atoms with Gasteiger partial charge in [0.15, 0.2) is 0 Å². The van der Waals surface area contributed by atoms with Crippen LogP contribution in [0.3, 0.4) is 0 Å². The van der Waals surface area contributed by atoms with E-state index in [0.29, 0.717) is 0 Å². The molecule has 0 N–H and O–H groups in total. The van der Waals surface area contributed by atoms with Gasteiger partial charge in [-0.1, -0.05) is 5.92 Å². The molecule has 0 saturated heterocycles. The summed E-state index contributed by atoms with van der Waals surface area (Å²) in [6.07, 6.45) is 0. The summed E-state index contributed by atoms with van der Waals surface area (Å²) in [5.74, 6) is 7.58. The molecule has 0 aromatic heterocycles. The predicted octanol–water partition coefficient (Wildman–Crippen LogP) is 1.58. The van der Waals surface area contributed by atoms with E-state index in [9.17, 15) is 0 Å². The van der Waals surface area contributed by atoms with Crippen molar-refractivity contribution in [3.63, 3.8) is 0 Å². The van der Waals surface area contributed by atoms with Gasteiger partial charge in [-0.3, -0.25) is 0 Å². The lowest BCUT2D eigenvalue weighted by atomic mass is 10.7. The van der Waals surface area contributed by atoms with Crippen LogP contribution in [0.2, 0.25) is 0 Å². The van der Waals surface area contributed by atoms with E-state index in [2.05, 4.69) is 18.8 Å². The number of rotatable bonds is 2. The average Bonchev–Trinajstić information content (AvgIpc) is 1.69. The molecule has 7 heavy (non-hydrogen) atoms. The topological polar surface area (TPSA) is 0 Å². The molecule has 0 amide bonds. The average molecular weight is 113 g/mol. The summed E-state index contributed by atoms with van der Waals surface area (Å²) in [4.78, 5) is 0. The molecule has 0 bridgehead atoms. The minimum Gasteiger partial charge on any atom is -0.149 e. The maximum absolute atomic E-state index is 3.65. The Hall–Kier alpha value is -0.0900. The van der Waals surface area contributed by atoms with Gasteiger partial charge < -0.3 is 0 Å². The lowest BCUT2D eigenvalue weighted by Gasteiger charge is -1.81. The van der Waals surface area contributed by atoms with Gasteiger partial charge in [0.25, 0.3) is 0 Å². The molecule has 1 radical (unpaired) electrons. The first-order chi connectivity index (χ1) is 3.41. The van der Waals surface area contributed by atoms with Crippen molar-refractivity contribution in [1.82, 2.24) is 0 Å². The second-order valence-corrected chi connectivity index (χ2v) is 2.08. The quantitative estimate of drug-likeness (QED) is 0.387. The maximum atomic E-state index is 3.65. The zero-order chi connectivity index (χ0) is 5.54. The molecule has 39 valence electrons.